The summed E-state index contributed by atoms with van der Waals surface area (Å²) in [5.74, 6) is 0.0854. The number of carbonyl (C=O) groups is 1. The first kappa shape index (κ1) is 14.1. The van der Waals surface area contributed by atoms with Crippen LogP contribution >= 0.6 is 0 Å². The summed E-state index contributed by atoms with van der Waals surface area (Å²) >= 11 is 0. The first-order valence-corrected chi connectivity index (χ1v) is 6.59. The van der Waals surface area contributed by atoms with Gasteiger partial charge >= 0.3 is 7.12 Å². The Balaban J connectivity index is 2.68. The van der Waals surface area contributed by atoms with E-state index in [9.17, 15) is 14.8 Å². The van der Waals surface area contributed by atoms with Crippen LogP contribution in [0.3, 0.4) is 0 Å². The maximum Gasteiger partial charge on any atom is 0.488 e. The normalized spacial score (nSPS) is 17.4. The molecule has 0 saturated heterocycles. The summed E-state index contributed by atoms with van der Waals surface area (Å²) < 4.78 is 0. The van der Waals surface area contributed by atoms with Crippen molar-refractivity contribution in [2.45, 2.75) is 39.5 Å². The van der Waals surface area contributed by atoms with Crippen molar-refractivity contribution in [1.29, 1.82) is 0 Å². The van der Waals surface area contributed by atoms with Crippen molar-refractivity contribution in [2.75, 3.05) is 11.4 Å². The number of fused-ring (bicyclic) bond motifs is 1. The molecule has 5 heteroatoms. The maximum absolute atomic E-state index is 12.2. The second-order valence-corrected chi connectivity index (χ2v) is 5.80. The van der Waals surface area contributed by atoms with Gasteiger partial charge < -0.3 is 14.9 Å². The molecule has 0 atom stereocenters. The van der Waals surface area contributed by atoms with Crippen molar-refractivity contribution < 1.29 is 14.8 Å². The number of aryl methyl sites for hydroxylation is 1. The fraction of sp³-hybridized carbons (Fsp3) is 0.500. The van der Waals surface area contributed by atoms with Crippen molar-refractivity contribution in [3.8, 4) is 0 Å². The minimum Gasteiger partial charge on any atom is -0.423 e. The highest BCUT2D eigenvalue weighted by atomic mass is 16.4. The van der Waals surface area contributed by atoms with Gasteiger partial charge in [0, 0.05) is 24.1 Å². The van der Waals surface area contributed by atoms with Gasteiger partial charge in [-0.15, -0.1) is 0 Å². The van der Waals surface area contributed by atoms with Crippen LogP contribution in [0.1, 0.15) is 38.3 Å². The molecule has 4 nitrogen and oxygen atoms in total. The van der Waals surface area contributed by atoms with Gasteiger partial charge in [0.1, 0.15) is 0 Å². The second kappa shape index (κ2) is 4.65. The highest BCUT2D eigenvalue weighted by Gasteiger charge is 2.37. The molecule has 1 heterocycles. The van der Waals surface area contributed by atoms with E-state index in [0.29, 0.717) is 18.4 Å². The number of nitrogens with zero attached hydrogens (tertiary/aromatic N) is 1. The van der Waals surface area contributed by atoms with Crippen LogP contribution in [0, 0.1) is 6.92 Å². The molecule has 0 saturated carbocycles. The molecule has 2 rings (SSSR count). The van der Waals surface area contributed by atoms with Gasteiger partial charge in [0.15, 0.2) is 0 Å². The average molecular weight is 261 g/mol. The fourth-order valence-corrected chi connectivity index (χ4v) is 2.81. The molecule has 1 aromatic carbocycles. The largest absolute Gasteiger partial charge is 0.488 e. The van der Waals surface area contributed by atoms with Crippen LogP contribution in [-0.4, -0.2) is 29.6 Å². The zero-order valence-corrected chi connectivity index (χ0v) is 11.9. The van der Waals surface area contributed by atoms with Crippen LogP contribution in [0.15, 0.2) is 12.1 Å². The molecule has 0 unspecified atom stereocenters. The van der Waals surface area contributed by atoms with E-state index < -0.39 is 7.12 Å². The molecule has 19 heavy (non-hydrogen) atoms. The number of anilines is 1. The predicted molar refractivity (Wildman–Crippen MR) is 76.7 cm³/mol. The van der Waals surface area contributed by atoms with E-state index in [-0.39, 0.29) is 11.3 Å². The third-order valence-electron chi connectivity index (χ3n) is 3.89. The summed E-state index contributed by atoms with van der Waals surface area (Å²) in [6.07, 6.45) is 0.480. The van der Waals surface area contributed by atoms with Crippen LogP contribution in [0.25, 0.3) is 0 Å². The first-order valence-electron chi connectivity index (χ1n) is 6.59. The summed E-state index contributed by atoms with van der Waals surface area (Å²) in [4.78, 5) is 13.9. The zero-order valence-electron chi connectivity index (χ0n) is 11.9. The smallest absolute Gasteiger partial charge is 0.423 e. The topological polar surface area (TPSA) is 60.8 Å². The molecule has 0 spiro atoms. The number of amides is 1. The molecule has 2 N–H and O–H groups in total. The maximum atomic E-state index is 12.2. The first-order chi connectivity index (χ1) is 8.77. The Hall–Kier alpha value is -1.33. The van der Waals surface area contributed by atoms with Crippen LogP contribution in [0.2, 0.25) is 0 Å². The molecule has 1 aliphatic rings. The zero-order chi connectivity index (χ0) is 14.4. The molecule has 1 aromatic rings. The second-order valence-electron chi connectivity index (χ2n) is 5.80. The van der Waals surface area contributed by atoms with Crippen LogP contribution in [0.4, 0.5) is 5.69 Å². The molecule has 1 amide bonds. The van der Waals surface area contributed by atoms with Gasteiger partial charge in [-0.2, -0.15) is 0 Å². The van der Waals surface area contributed by atoms with Gasteiger partial charge in [0.05, 0.1) is 0 Å². The Morgan fingerprint density at radius 2 is 2.00 bits per heavy atom. The Labute approximate surface area is 114 Å². The number of benzene rings is 1. The van der Waals surface area contributed by atoms with Gasteiger partial charge in [-0.1, -0.05) is 25.5 Å². The van der Waals surface area contributed by atoms with E-state index in [2.05, 4.69) is 0 Å². The number of hydrogen-bond donors (Lipinski definition) is 2. The van der Waals surface area contributed by atoms with E-state index >= 15 is 0 Å². The van der Waals surface area contributed by atoms with Crippen LogP contribution in [-0.2, 0) is 10.2 Å². The van der Waals surface area contributed by atoms with Gasteiger partial charge in [-0.3, -0.25) is 4.79 Å². The van der Waals surface area contributed by atoms with Crippen LogP contribution < -0.4 is 10.4 Å². The highest BCUT2D eigenvalue weighted by Crippen LogP contribution is 2.40. The molecular formula is C14H20BNO3. The minimum absolute atomic E-state index is 0.0854. The molecule has 0 fully saturated rings. The van der Waals surface area contributed by atoms with E-state index in [4.69, 9.17) is 0 Å². The molecule has 0 radical (unpaired) electrons. The fourth-order valence-electron chi connectivity index (χ4n) is 2.81. The lowest BCUT2D eigenvalue weighted by molar-refractivity contribution is -0.120. The lowest BCUT2D eigenvalue weighted by atomic mass is 9.71. The molecule has 0 aliphatic carbocycles. The van der Waals surface area contributed by atoms with Gasteiger partial charge in [-0.25, -0.2) is 0 Å². The van der Waals surface area contributed by atoms with Crippen molar-refractivity contribution in [3.05, 3.63) is 23.3 Å². The summed E-state index contributed by atoms with van der Waals surface area (Å²) in [5, 5.41) is 18.8. The number of hydrogen-bond acceptors (Lipinski definition) is 3. The van der Waals surface area contributed by atoms with Gasteiger partial charge in [-0.05, 0) is 30.9 Å². The van der Waals surface area contributed by atoms with Crippen molar-refractivity contribution >= 4 is 24.2 Å². The number of rotatable bonds is 2. The summed E-state index contributed by atoms with van der Waals surface area (Å²) in [6, 6.07) is 3.71. The van der Waals surface area contributed by atoms with Crippen LogP contribution in [0.5, 0.6) is 0 Å². The molecule has 0 aromatic heterocycles. The van der Waals surface area contributed by atoms with Crippen molar-refractivity contribution in [3.63, 3.8) is 0 Å². The molecule has 102 valence electrons. The van der Waals surface area contributed by atoms with E-state index in [0.717, 1.165) is 16.8 Å². The highest BCUT2D eigenvalue weighted by molar-refractivity contribution is 6.59. The van der Waals surface area contributed by atoms with E-state index in [1.165, 1.54) is 0 Å². The summed E-state index contributed by atoms with van der Waals surface area (Å²) in [7, 11) is -1.51. The minimum atomic E-state index is -1.51. The van der Waals surface area contributed by atoms with E-state index in [1.807, 2.05) is 33.8 Å². The molecule has 1 aliphatic heterocycles. The predicted octanol–water partition coefficient (Wildman–Crippen LogP) is 0.709. The van der Waals surface area contributed by atoms with Gasteiger partial charge in [0.25, 0.3) is 0 Å². The van der Waals surface area contributed by atoms with Gasteiger partial charge in [0.2, 0.25) is 5.91 Å². The third kappa shape index (κ3) is 2.28. The molecule has 0 bridgehead atoms. The Kier molecular flexibility index (Phi) is 3.45. The van der Waals surface area contributed by atoms with Crippen molar-refractivity contribution in [1.82, 2.24) is 0 Å². The quantitative estimate of drug-likeness (QED) is 0.771. The molecular weight excluding hydrogens is 241 g/mol. The summed E-state index contributed by atoms with van der Waals surface area (Å²) in [5.41, 5.74) is 2.98. The lowest BCUT2D eigenvalue weighted by Gasteiger charge is -2.39. The monoisotopic (exact) mass is 261 g/mol. The SMILES string of the molecule is CCN1C(=O)CC(C)(C)c2cc(C)c(B(O)O)cc21. The lowest BCUT2D eigenvalue weighted by Crippen LogP contribution is -2.44. The average Bonchev–Trinajstić information content (AvgIpc) is 2.28. The Bertz CT molecular complexity index is 526. The number of carbonyl (C=O) groups excluding carboxylic acids is 1. The third-order valence-corrected chi connectivity index (χ3v) is 3.89. The van der Waals surface area contributed by atoms with E-state index in [1.54, 1.807) is 11.0 Å². The summed E-state index contributed by atoms with van der Waals surface area (Å²) in [6.45, 7) is 8.47. The Morgan fingerprint density at radius 1 is 1.37 bits per heavy atom. The standard InChI is InChI=1S/C14H20BNO3/c1-5-16-12-7-11(15(18)19)9(2)6-10(12)14(3,4)8-13(16)17/h6-7,18-19H,5,8H2,1-4H3. The van der Waals surface area contributed by atoms with Crippen molar-refractivity contribution in [2.24, 2.45) is 0 Å². The Morgan fingerprint density at radius 3 is 2.53 bits per heavy atom.